The van der Waals surface area contributed by atoms with Crippen molar-refractivity contribution in [2.75, 3.05) is 0 Å². The van der Waals surface area contributed by atoms with E-state index in [-0.39, 0.29) is 13.0 Å². The van der Waals surface area contributed by atoms with Crippen molar-refractivity contribution in [3.05, 3.63) is 35.9 Å². The first-order valence-corrected chi connectivity index (χ1v) is 5.06. The Morgan fingerprint density at radius 3 is 2.50 bits per heavy atom. The van der Waals surface area contributed by atoms with E-state index >= 15 is 0 Å². The van der Waals surface area contributed by atoms with Crippen LogP contribution in [0, 0.1) is 0 Å². The van der Waals surface area contributed by atoms with Gasteiger partial charge in [-0.15, -0.1) is 0 Å². The molecule has 4 nitrogen and oxygen atoms in total. The zero-order chi connectivity index (χ0) is 12.0. The third kappa shape index (κ3) is 3.47. The van der Waals surface area contributed by atoms with Gasteiger partial charge in [0.2, 0.25) is 6.10 Å². The topological polar surface area (TPSA) is 63.6 Å². The molecule has 16 heavy (non-hydrogen) atoms. The first kappa shape index (κ1) is 12.4. The Bertz CT molecular complexity index is 359. The number of hydrogen-bond donors (Lipinski definition) is 1. The molecular formula is C12H14O4. The van der Waals surface area contributed by atoms with Crippen molar-refractivity contribution in [2.24, 2.45) is 0 Å². The summed E-state index contributed by atoms with van der Waals surface area (Å²) in [5.74, 6) is -1.42. The number of ether oxygens (including phenoxy) is 1. The van der Waals surface area contributed by atoms with Gasteiger partial charge in [-0.1, -0.05) is 37.3 Å². The summed E-state index contributed by atoms with van der Waals surface area (Å²) in [6, 6.07) is 9.07. The average Bonchev–Trinajstić information content (AvgIpc) is 2.35. The third-order valence-electron chi connectivity index (χ3n) is 2.10. The van der Waals surface area contributed by atoms with Crippen LogP contribution >= 0.6 is 0 Å². The number of aliphatic hydroxyl groups excluding tert-OH is 1. The van der Waals surface area contributed by atoms with Crippen LogP contribution in [0.15, 0.2) is 30.3 Å². The van der Waals surface area contributed by atoms with Crippen LogP contribution in [-0.4, -0.2) is 23.0 Å². The zero-order valence-electron chi connectivity index (χ0n) is 9.05. The largest absolute Gasteiger partial charge is 0.459 e. The molecule has 0 aliphatic rings. The Labute approximate surface area is 93.9 Å². The van der Waals surface area contributed by atoms with Crippen LogP contribution in [0.5, 0.6) is 0 Å². The summed E-state index contributed by atoms with van der Waals surface area (Å²) in [6.45, 7) is 1.64. The summed E-state index contributed by atoms with van der Waals surface area (Å²) >= 11 is 0. The Hall–Kier alpha value is -1.68. The summed E-state index contributed by atoms with van der Waals surface area (Å²) in [5.41, 5.74) is 0.812. The van der Waals surface area contributed by atoms with Crippen molar-refractivity contribution in [2.45, 2.75) is 26.1 Å². The van der Waals surface area contributed by atoms with Crippen LogP contribution in [0.2, 0.25) is 0 Å². The van der Waals surface area contributed by atoms with Gasteiger partial charge in [-0.25, -0.2) is 4.79 Å². The molecule has 0 radical (unpaired) electrons. The van der Waals surface area contributed by atoms with E-state index in [1.165, 1.54) is 0 Å². The number of aliphatic hydroxyl groups is 1. The van der Waals surface area contributed by atoms with Crippen molar-refractivity contribution < 1.29 is 19.4 Å². The van der Waals surface area contributed by atoms with E-state index in [1.807, 2.05) is 18.2 Å². The summed E-state index contributed by atoms with van der Waals surface area (Å²) in [6.07, 6.45) is -1.55. The molecule has 0 aliphatic heterocycles. The molecule has 0 amide bonds. The fourth-order valence-electron chi connectivity index (χ4n) is 1.13. The van der Waals surface area contributed by atoms with Crippen LogP contribution in [-0.2, 0) is 20.9 Å². The lowest BCUT2D eigenvalue weighted by molar-refractivity contribution is -0.158. The molecule has 86 valence electrons. The van der Waals surface area contributed by atoms with E-state index in [1.54, 1.807) is 19.1 Å². The molecule has 1 rings (SSSR count). The molecule has 1 aromatic rings. The number of rotatable bonds is 5. The highest BCUT2D eigenvalue weighted by Gasteiger charge is 2.23. The number of carbonyl (C=O) groups is 2. The van der Waals surface area contributed by atoms with E-state index < -0.39 is 17.9 Å². The van der Waals surface area contributed by atoms with Crippen LogP contribution < -0.4 is 0 Å². The van der Waals surface area contributed by atoms with Crippen LogP contribution in [0.25, 0.3) is 0 Å². The lowest BCUT2D eigenvalue weighted by Gasteiger charge is -2.08. The molecule has 0 saturated heterocycles. The molecule has 0 heterocycles. The van der Waals surface area contributed by atoms with E-state index in [9.17, 15) is 14.7 Å². The van der Waals surface area contributed by atoms with E-state index in [2.05, 4.69) is 0 Å². The second kappa shape index (κ2) is 6.02. The molecule has 0 aromatic heterocycles. The molecule has 0 spiro atoms. The molecule has 1 aromatic carbocycles. The highest BCUT2D eigenvalue weighted by Crippen LogP contribution is 2.02. The molecule has 0 aliphatic carbocycles. The monoisotopic (exact) mass is 222 g/mol. The van der Waals surface area contributed by atoms with Crippen LogP contribution in [0.1, 0.15) is 18.9 Å². The second-order valence-electron chi connectivity index (χ2n) is 3.32. The highest BCUT2D eigenvalue weighted by molar-refractivity contribution is 6.01. The Kier molecular flexibility index (Phi) is 4.66. The smallest absolute Gasteiger partial charge is 0.343 e. The van der Waals surface area contributed by atoms with Crippen molar-refractivity contribution in [3.63, 3.8) is 0 Å². The van der Waals surface area contributed by atoms with Crippen molar-refractivity contribution in [1.82, 2.24) is 0 Å². The lowest BCUT2D eigenvalue weighted by atomic mass is 10.2. The third-order valence-corrected chi connectivity index (χ3v) is 2.10. The predicted octanol–water partition coefficient (Wildman–Crippen LogP) is 1.07. The maximum Gasteiger partial charge on any atom is 0.343 e. The number of ketones is 1. The molecular weight excluding hydrogens is 208 g/mol. The fourth-order valence-corrected chi connectivity index (χ4v) is 1.13. The van der Waals surface area contributed by atoms with E-state index in [0.717, 1.165) is 5.56 Å². The van der Waals surface area contributed by atoms with Gasteiger partial charge >= 0.3 is 5.97 Å². The SMILES string of the molecule is CCC(=O)C(O)C(=O)OCc1ccccc1. The Morgan fingerprint density at radius 1 is 1.31 bits per heavy atom. The van der Waals surface area contributed by atoms with Crippen LogP contribution in [0.3, 0.4) is 0 Å². The van der Waals surface area contributed by atoms with Gasteiger partial charge in [-0.05, 0) is 5.56 Å². The number of carbonyl (C=O) groups excluding carboxylic acids is 2. The zero-order valence-corrected chi connectivity index (χ0v) is 9.05. The minimum Gasteiger partial charge on any atom is -0.459 e. The Morgan fingerprint density at radius 2 is 1.94 bits per heavy atom. The highest BCUT2D eigenvalue weighted by atomic mass is 16.5. The van der Waals surface area contributed by atoms with Gasteiger partial charge in [0.05, 0.1) is 0 Å². The van der Waals surface area contributed by atoms with Crippen LogP contribution in [0.4, 0.5) is 0 Å². The number of esters is 1. The van der Waals surface area contributed by atoms with Gasteiger partial charge in [0.15, 0.2) is 5.78 Å². The van der Waals surface area contributed by atoms with E-state index in [0.29, 0.717) is 0 Å². The maximum atomic E-state index is 11.2. The number of Topliss-reactive ketones (excluding diaryl/α,β-unsaturated/α-hetero) is 1. The van der Waals surface area contributed by atoms with Gasteiger partial charge < -0.3 is 9.84 Å². The predicted molar refractivity (Wildman–Crippen MR) is 57.5 cm³/mol. The first-order valence-electron chi connectivity index (χ1n) is 5.06. The molecule has 0 saturated carbocycles. The van der Waals surface area contributed by atoms with Crippen molar-refractivity contribution in [1.29, 1.82) is 0 Å². The van der Waals surface area contributed by atoms with Gasteiger partial charge in [0, 0.05) is 6.42 Å². The van der Waals surface area contributed by atoms with Gasteiger partial charge in [-0.3, -0.25) is 4.79 Å². The van der Waals surface area contributed by atoms with E-state index in [4.69, 9.17) is 4.74 Å². The average molecular weight is 222 g/mol. The lowest BCUT2D eigenvalue weighted by Crippen LogP contribution is -2.31. The molecule has 4 heteroatoms. The number of hydrogen-bond acceptors (Lipinski definition) is 4. The minimum atomic E-state index is -1.66. The van der Waals surface area contributed by atoms with Gasteiger partial charge in [-0.2, -0.15) is 0 Å². The van der Waals surface area contributed by atoms with Gasteiger partial charge in [0.1, 0.15) is 6.61 Å². The molecule has 1 N–H and O–H groups in total. The molecule has 0 bridgehead atoms. The molecule has 1 unspecified atom stereocenters. The summed E-state index contributed by atoms with van der Waals surface area (Å²) in [4.78, 5) is 22.2. The van der Waals surface area contributed by atoms with Crippen molar-refractivity contribution in [3.8, 4) is 0 Å². The second-order valence-corrected chi connectivity index (χ2v) is 3.32. The quantitative estimate of drug-likeness (QED) is 0.598. The standard InChI is InChI=1S/C12H14O4/c1-2-10(13)11(14)12(15)16-8-9-6-4-3-5-7-9/h3-7,11,14H,2,8H2,1H3. The fraction of sp³-hybridized carbons (Fsp3) is 0.333. The summed E-state index contributed by atoms with van der Waals surface area (Å²) < 4.78 is 4.80. The first-order chi connectivity index (χ1) is 7.65. The normalized spacial score (nSPS) is 11.9. The maximum absolute atomic E-state index is 11.2. The minimum absolute atomic E-state index is 0.0632. The summed E-state index contributed by atoms with van der Waals surface area (Å²) in [7, 11) is 0. The summed E-state index contributed by atoms with van der Waals surface area (Å²) in [5, 5.41) is 9.24. The molecule has 0 fully saturated rings. The molecule has 1 atom stereocenters. The number of benzene rings is 1. The van der Waals surface area contributed by atoms with Gasteiger partial charge in [0.25, 0.3) is 0 Å². The Balaban J connectivity index is 2.44. The van der Waals surface area contributed by atoms with Crippen molar-refractivity contribution >= 4 is 11.8 Å².